The fourth-order valence-corrected chi connectivity index (χ4v) is 2.64. The molecule has 1 fully saturated rings. The van der Waals surface area contributed by atoms with Crippen LogP contribution in [0.4, 0.5) is 0 Å². The highest BCUT2D eigenvalue weighted by Gasteiger charge is 2.44. The standard InChI is InChI=1S/C19H21N3O5/c23-12-4-2-1-3-5-14-6-8-15(9-7-14)17(24)21-16(18(25)22-27)19(26)10-11-20-13-19/h6-9,16,20,23,26-27H,4,10-13H2,(H,21,24)(H,22,25)/t16?,19-/m1/s1. The summed E-state index contributed by atoms with van der Waals surface area (Å²) in [6.07, 6.45) is 0.620. The molecule has 0 radical (unpaired) electrons. The Labute approximate surface area is 156 Å². The second-order valence-electron chi connectivity index (χ2n) is 6.02. The minimum Gasteiger partial charge on any atom is -0.395 e. The van der Waals surface area contributed by atoms with Crippen LogP contribution in [0.25, 0.3) is 0 Å². The number of hydrogen-bond donors (Lipinski definition) is 6. The molecule has 0 bridgehead atoms. The Bertz CT molecular complexity index is 793. The number of aliphatic hydroxyl groups excluding tert-OH is 1. The van der Waals surface area contributed by atoms with E-state index in [9.17, 15) is 14.7 Å². The minimum absolute atomic E-state index is 0.0149. The molecule has 8 heteroatoms. The number of hydroxylamine groups is 1. The van der Waals surface area contributed by atoms with Gasteiger partial charge in [0.2, 0.25) is 0 Å². The van der Waals surface area contributed by atoms with Crippen LogP contribution in [0.1, 0.15) is 28.8 Å². The highest BCUT2D eigenvalue weighted by Crippen LogP contribution is 2.20. The third kappa shape index (κ3) is 5.55. The van der Waals surface area contributed by atoms with Crippen molar-refractivity contribution in [2.45, 2.75) is 24.5 Å². The minimum atomic E-state index is -1.48. The lowest BCUT2D eigenvalue weighted by atomic mass is 9.92. The quantitative estimate of drug-likeness (QED) is 0.218. The molecule has 1 heterocycles. The van der Waals surface area contributed by atoms with Gasteiger partial charge in [-0.15, -0.1) is 0 Å². The van der Waals surface area contributed by atoms with E-state index in [1.54, 1.807) is 12.1 Å². The van der Waals surface area contributed by atoms with Crippen molar-refractivity contribution in [1.29, 1.82) is 0 Å². The first-order valence-electron chi connectivity index (χ1n) is 8.38. The first kappa shape index (κ1) is 20.4. The fraction of sp³-hybridized carbons (Fsp3) is 0.368. The summed E-state index contributed by atoms with van der Waals surface area (Å²) in [4.78, 5) is 24.3. The predicted molar refractivity (Wildman–Crippen MR) is 96.4 cm³/mol. The normalized spacial score (nSPS) is 19.1. The Hall–Kier alpha value is -2.88. The first-order valence-corrected chi connectivity index (χ1v) is 8.38. The van der Waals surface area contributed by atoms with Crippen molar-refractivity contribution >= 4 is 11.8 Å². The zero-order valence-corrected chi connectivity index (χ0v) is 14.6. The maximum atomic E-state index is 12.4. The third-order valence-corrected chi connectivity index (χ3v) is 4.09. The van der Waals surface area contributed by atoms with E-state index in [-0.39, 0.29) is 25.1 Å². The molecule has 2 rings (SSSR count). The van der Waals surface area contributed by atoms with Crippen LogP contribution in [0.15, 0.2) is 24.3 Å². The van der Waals surface area contributed by atoms with Gasteiger partial charge in [-0.25, -0.2) is 5.48 Å². The second kappa shape index (κ2) is 9.72. The van der Waals surface area contributed by atoms with Crippen LogP contribution in [0.2, 0.25) is 0 Å². The average molecular weight is 371 g/mol. The van der Waals surface area contributed by atoms with Gasteiger partial charge in [-0.05, 0) is 49.1 Å². The topological polar surface area (TPSA) is 131 Å². The van der Waals surface area contributed by atoms with Crippen LogP contribution in [0, 0.1) is 23.7 Å². The van der Waals surface area contributed by atoms with Crippen molar-refractivity contribution in [3.8, 4) is 23.7 Å². The van der Waals surface area contributed by atoms with Crippen LogP contribution in [0.3, 0.4) is 0 Å². The summed E-state index contributed by atoms with van der Waals surface area (Å²) < 4.78 is 0. The van der Waals surface area contributed by atoms with Crippen molar-refractivity contribution in [1.82, 2.24) is 16.1 Å². The molecule has 0 aromatic heterocycles. The number of amides is 2. The van der Waals surface area contributed by atoms with Crippen LogP contribution in [-0.4, -0.2) is 58.6 Å². The molecule has 1 unspecified atom stereocenters. The number of rotatable bonds is 5. The van der Waals surface area contributed by atoms with E-state index < -0.39 is 23.5 Å². The molecule has 8 nitrogen and oxygen atoms in total. The van der Waals surface area contributed by atoms with Crippen molar-refractivity contribution in [2.75, 3.05) is 19.7 Å². The molecule has 1 saturated heterocycles. The SMILES string of the molecule is O=C(NC(C(=O)NO)[C@@]1(O)CCNC1)c1ccc(C#CC#CCCO)cc1. The smallest absolute Gasteiger partial charge is 0.268 e. The molecule has 0 saturated carbocycles. The van der Waals surface area contributed by atoms with E-state index in [2.05, 4.69) is 34.3 Å². The molecule has 1 aromatic rings. The van der Waals surface area contributed by atoms with Gasteiger partial charge in [-0.1, -0.05) is 11.8 Å². The Kier molecular flexibility index (Phi) is 7.35. The van der Waals surface area contributed by atoms with Crippen LogP contribution in [-0.2, 0) is 4.79 Å². The molecule has 1 aliphatic heterocycles. The molecule has 1 aliphatic rings. The van der Waals surface area contributed by atoms with Crippen molar-refractivity contribution in [2.24, 2.45) is 0 Å². The first-order chi connectivity index (χ1) is 13.0. The number of aliphatic hydroxyl groups is 2. The van der Waals surface area contributed by atoms with E-state index in [1.165, 1.54) is 17.6 Å². The third-order valence-electron chi connectivity index (χ3n) is 4.09. The second-order valence-corrected chi connectivity index (χ2v) is 6.02. The molecule has 2 amide bonds. The van der Waals surface area contributed by atoms with Gasteiger partial charge in [-0.2, -0.15) is 0 Å². The molecule has 1 aromatic carbocycles. The fourth-order valence-electron chi connectivity index (χ4n) is 2.64. The van der Waals surface area contributed by atoms with Crippen LogP contribution < -0.4 is 16.1 Å². The summed E-state index contributed by atoms with van der Waals surface area (Å²) in [7, 11) is 0. The lowest BCUT2D eigenvalue weighted by Gasteiger charge is -2.30. The number of benzene rings is 1. The van der Waals surface area contributed by atoms with E-state index in [0.717, 1.165) is 0 Å². The van der Waals surface area contributed by atoms with Gasteiger partial charge in [0.25, 0.3) is 11.8 Å². The molecule has 0 aliphatic carbocycles. The maximum absolute atomic E-state index is 12.4. The highest BCUT2D eigenvalue weighted by atomic mass is 16.5. The summed E-state index contributed by atoms with van der Waals surface area (Å²) in [6, 6.07) is 5.02. The number of carbonyl (C=O) groups excluding carboxylic acids is 2. The predicted octanol–water partition coefficient (Wildman–Crippen LogP) is -1.25. The van der Waals surface area contributed by atoms with Gasteiger partial charge < -0.3 is 20.8 Å². The maximum Gasteiger partial charge on any atom is 0.268 e. The van der Waals surface area contributed by atoms with Gasteiger partial charge in [0.1, 0.15) is 11.6 Å². The summed E-state index contributed by atoms with van der Waals surface area (Å²) in [5.74, 6) is 9.27. The van der Waals surface area contributed by atoms with Gasteiger partial charge in [-0.3, -0.25) is 14.8 Å². The lowest BCUT2D eigenvalue weighted by Crippen LogP contribution is -2.60. The van der Waals surface area contributed by atoms with Crippen molar-refractivity contribution in [3.05, 3.63) is 35.4 Å². The van der Waals surface area contributed by atoms with E-state index in [1.807, 2.05) is 0 Å². The Balaban J connectivity index is 2.07. The zero-order chi connectivity index (χ0) is 19.7. The number of β-amino-alcohol motifs (C(OH)–C–C–N with tert-alkyl or cyclic N) is 1. The Morgan fingerprint density at radius 3 is 2.59 bits per heavy atom. The van der Waals surface area contributed by atoms with Crippen LogP contribution in [0.5, 0.6) is 0 Å². The van der Waals surface area contributed by atoms with E-state index in [0.29, 0.717) is 18.5 Å². The molecular weight excluding hydrogens is 350 g/mol. The summed E-state index contributed by atoms with van der Waals surface area (Å²) in [5.41, 5.74) is 0.919. The largest absolute Gasteiger partial charge is 0.395 e. The number of carbonyl (C=O) groups is 2. The lowest BCUT2D eigenvalue weighted by molar-refractivity contribution is -0.137. The molecular formula is C19H21N3O5. The van der Waals surface area contributed by atoms with Crippen molar-refractivity contribution < 1.29 is 25.0 Å². The van der Waals surface area contributed by atoms with Crippen LogP contribution >= 0.6 is 0 Å². The highest BCUT2D eigenvalue weighted by molar-refractivity contribution is 5.98. The summed E-state index contributed by atoms with van der Waals surface area (Å²) >= 11 is 0. The van der Waals surface area contributed by atoms with Crippen molar-refractivity contribution in [3.63, 3.8) is 0 Å². The summed E-state index contributed by atoms with van der Waals surface area (Å²) in [6.45, 7) is 0.604. The van der Waals surface area contributed by atoms with Gasteiger partial charge >= 0.3 is 0 Å². The number of hydrogen-bond acceptors (Lipinski definition) is 6. The molecule has 27 heavy (non-hydrogen) atoms. The Morgan fingerprint density at radius 2 is 2.00 bits per heavy atom. The Morgan fingerprint density at radius 1 is 1.26 bits per heavy atom. The number of nitrogens with one attached hydrogen (secondary N) is 3. The molecule has 2 atom stereocenters. The molecule has 142 valence electrons. The molecule has 6 N–H and O–H groups in total. The summed E-state index contributed by atoms with van der Waals surface area (Å²) in [5, 5.41) is 33.5. The van der Waals surface area contributed by atoms with Gasteiger partial charge in [0.15, 0.2) is 0 Å². The zero-order valence-electron chi connectivity index (χ0n) is 14.6. The van der Waals surface area contributed by atoms with Gasteiger partial charge in [0.05, 0.1) is 6.61 Å². The van der Waals surface area contributed by atoms with E-state index >= 15 is 0 Å². The monoisotopic (exact) mass is 371 g/mol. The molecule has 0 spiro atoms. The van der Waals surface area contributed by atoms with E-state index in [4.69, 9.17) is 10.3 Å². The van der Waals surface area contributed by atoms with Gasteiger partial charge in [0, 0.05) is 24.1 Å². The average Bonchev–Trinajstić information content (AvgIpc) is 3.13.